The SMILES string of the molecule is O=C1CC(c2ccc(-c3cncc(-n4cccn4)c3)s2)CN1. The number of carbonyl (C=O) groups excluding carboxylic acids is 1. The molecule has 1 saturated heterocycles. The average Bonchev–Trinajstić information content (AvgIpc) is 3.28. The number of hydrogen-bond acceptors (Lipinski definition) is 4. The lowest BCUT2D eigenvalue weighted by molar-refractivity contribution is -0.119. The third-order valence-electron chi connectivity index (χ3n) is 3.78. The predicted molar refractivity (Wildman–Crippen MR) is 85.0 cm³/mol. The van der Waals surface area contributed by atoms with Gasteiger partial charge in [0.05, 0.1) is 11.9 Å². The molecule has 4 rings (SSSR count). The Kier molecular flexibility index (Phi) is 3.23. The molecule has 0 aliphatic carbocycles. The van der Waals surface area contributed by atoms with Crippen molar-refractivity contribution in [1.29, 1.82) is 0 Å². The van der Waals surface area contributed by atoms with Gasteiger partial charge in [0.1, 0.15) is 0 Å². The summed E-state index contributed by atoms with van der Waals surface area (Å²) in [6.07, 6.45) is 7.90. The van der Waals surface area contributed by atoms with Crippen molar-refractivity contribution < 1.29 is 4.79 Å². The highest BCUT2D eigenvalue weighted by Crippen LogP contribution is 2.35. The summed E-state index contributed by atoms with van der Waals surface area (Å²) in [4.78, 5) is 18.1. The molecular formula is C16H14N4OS. The maximum Gasteiger partial charge on any atom is 0.220 e. The molecule has 1 aliphatic heterocycles. The van der Waals surface area contributed by atoms with Crippen molar-refractivity contribution in [2.24, 2.45) is 0 Å². The molecule has 0 radical (unpaired) electrons. The molecule has 1 atom stereocenters. The van der Waals surface area contributed by atoms with Crippen LogP contribution in [0.5, 0.6) is 0 Å². The monoisotopic (exact) mass is 310 g/mol. The summed E-state index contributed by atoms with van der Waals surface area (Å²) in [6, 6.07) is 8.19. The zero-order valence-electron chi connectivity index (χ0n) is 11.8. The van der Waals surface area contributed by atoms with Crippen molar-refractivity contribution in [2.75, 3.05) is 6.54 Å². The Bertz CT molecular complexity index is 809. The third-order valence-corrected chi connectivity index (χ3v) is 5.08. The fraction of sp³-hybridized carbons (Fsp3) is 0.188. The molecule has 22 heavy (non-hydrogen) atoms. The molecule has 4 heterocycles. The van der Waals surface area contributed by atoms with Crippen LogP contribution in [0, 0.1) is 0 Å². The van der Waals surface area contributed by atoms with E-state index in [9.17, 15) is 4.79 Å². The molecule has 0 aromatic carbocycles. The van der Waals surface area contributed by atoms with Crippen molar-refractivity contribution in [3.05, 3.63) is 53.9 Å². The number of carbonyl (C=O) groups is 1. The molecule has 0 bridgehead atoms. The van der Waals surface area contributed by atoms with Gasteiger partial charge < -0.3 is 5.32 Å². The van der Waals surface area contributed by atoms with Crippen molar-refractivity contribution in [2.45, 2.75) is 12.3 Å². The highest BCUT2D eigenvalue weighted by atomic mass is 32.1. The third kappa shape index (κ3) is 2.42. The van der Waals surface area contributed by atoms with Crippen LogP contribution in [0.3, 0.4) is 0 Å². The minimum Gasteiger partial charge on any atom is -0.355 e. The molecule has 0 spiro atoms. The zero-order chi connectivity index (χ0) is 14.9. The van der Waals surface area contributed by atoms with Gasteiger partial charge in [-0.25, -0.2) is 4.68 Å². The predicted octanol–water partition coefficient (Wildman–Crippen LogP) is 2.60. The molecule has 1 amide bonds. The summed E-state index contributed by atoms with van der Waals surface area (Å²) in [6.45, 7) is 0.740. The lowest BCUT2D eigenvalue weighted by Gasteiger charge is -2.04. The molecule has 3 aromatic rings. The summed E-state index contributed by atoms with van der Waals surface area (Å²) in [5.74, 6) is 0.441. The van der Waals surface area contributed by atoms with Crippen LogP contribution in [-0.4, -0.2) is 27.2 Å². The summed E-state index contributed by atoms with van der Waals surface area (Å²) in [5, 5.41) is 7.12. The quantitative estimate of drug-likeness (QED) is 0.809. The van der Waals surface area contributed by atoms with Gasteiger partial charge in [-0.2, -0.15) is 5.10 Å². The van der Waals surface area contributed by atoms with Gasteiger partial charge in [-0.3, -0.25) is 9.78 Å². The van der Waals surface area contributed by atoms with E-state index in [-0.39, 0.29) is 5.91 Å². The number of aromatic nitrogens is 3. The zero-order valence-corrected chi connectivity index (χ0v) is 12.6. The second-order valence-electron chi connectivity index (χ2n) is 5.29. The number of pyridine rings is 1. The molecular weight excluding hydrogens is 296 g/mol. The molecule has 1 fully saturated rings. The Morgan fingerprint density at radius 1 is 1.32 bits per heavy atom. The molecule has 110 valence electrons. The molecule has 0 saturated carbocycles. The smallest absolute Gasteiger partial charge is 0.220 e. The van der Waals surface area contributed by atoms with Crippen LogP contribution >= 0.6 is 11.3 Å². The minimum atomic E-state index is 0.141. The topological polar surface area (TPSA) is 59.8 Å². The number of amides is 1. The van der Waals surface area contributed by atoms with E-state index in [4.69, 9.17) is 0 Å². The largest absolute Gasteiger partial charge is 0.355 e. The summed E-state index contributed by atoms with van der Waals surface area (Å²) in [5.41, 5.74) is 2.01. The number of thiophene rings is 1. The van der Waals surface area contributed by atoms with E-state index < -0.39 is 0 Å². The van der Waals surface area contributed by atoms with Gasteiger partial charge in [0, 0.05) is 52.8 Å². The van der Waals surface area contributed by atoms with Crippen LogP contribution in [-0.2, 0) is 4.79 Å². The van der Waals surface area contributed by atoms with Crippen LogP contribution in [0.2, 0.25) is 0 Å². The fourth-order valence-corrected chi connectivity index (χ4v) is 3.73. The number of hydrogen-bond donors (Lipinski definition) is 1. The first-order valence-corrected chi connectivity index (χ1v) is 7.93. The minimum absolute atomic E-state index is 0.141. The van der Waals surface area contributed by atoms with E-state index in [0.717, 1.165) is 22.7 Å². The van der Waals surface area contributed by atoms with Crippen molar-refractivity contribution in [3.8, 4) is 16.1 Å². The number of rotatable bonds is 3. The van der Waals surface area contributed by atoms with Gasteiger partial charge in [-0.05, 0) is 24.3 Å². The second kappa shape index (κ2) is 5.38. The van der Waals surface area contributed by atoms with E-state index in [0.29, 0.717) is 12.3 Å². The maximum absolute atomic E-state index is 11.4. The Morgan fingerprint density at radius 2 is 2.27 bits per heavy atom. The lowest BCUT2D eigenvalue weighted by atomic mass is 10.1. The fourth-order valence-electron chi connectivity index (χ4n) is 2.64. The van der Waals surface area contributed by atoms with Crippen LogP contribution < -0.4 is 5.32 Å². The van der Waals surface area contributed by atoms with Gasteiger partial charge in [0.15, 0.2) is 0 Å². The van der Waals surface area contributed by atoms with Crippen LogP contribution in [0.1, 0.15) is 17.2 Å². The van der Waals surface area contributed by atoms with E-state index >= 15 is 0 Å². The average molecular weight is 310 g/mol. The highest BCUT2D eigenvalue weighted by Gasteiger charge is 2.24. The number of nitrogens with zero attached hydrogens (tertiary/aromatic N) is 3. The Balaban J connectivity index is 1.64. The van der Waals surface area contributed by atoms with E-state index in [1.165, 1.54) is 4.88 Å². The maximum atomic E-state index is 11.4. The molecule has 1 aliphatic rings. The molecule has 3 aromatic heterocycles. The first-order chi connectivity index (χ1) is 10.8. The van der Waals surface area contributed by atoms with E-state index in [2.05, 4.69) is 33.6 Å². The van der Waals surface area contributed by atoms with Crippen LogP contribution in [0.4, 0.5) is 0 Å². The molecule has 1 unspecified atom stereocenters. The summed E-state index contributed by atoms with van der Waals surface area (Å²) >= 11 is 1.73. The first-order valence-electron chi connectivity index (χ1n) is 7.11. The van der Waals surface area contributed by atoms with Crippen molar-refractivity contribution >= 4 is 17.2 Å². The summed E-state index contributed by atoms with van der Waals surface area (Å²) < 4.78 is 1.80. The van der Waals surface area contributed by atoms with Gasteiger partial charge >= 0.3 is 0 Å². The van der Waals surface area contributed by atoms with E-state index in [1.54, 1.807) is 28.4 Å². The molecule has 1 N–H and O–H groups in total. The Morgan fingerprint density at radius 3 is 3.05 bits per heavy atom. The molecule has 5 nitrogen and oxygen atoms in total. The first kappa shape index (κ1) is 13.2. The Labute approximate surface area is 131 Å². The van der Waals surface area contributed by atoms with Gasteiger partial charge in [-0.15, -0.1) is 11.3 Å². The van der Waals surface area contributed by atoms with Gasteiger partial charge in [0.25, 0.3) is 0 Å². The van der Waals surface area contributed by atoms with Crippen molar-refractivity contribution in [3.63, 3.8) is 0 Å². The Hall–Kier alpha value is -2.47. The highest BCUT2D eigenvalue weighted by molar-refractivity contribution is 7.15. The number of nitrogens with one attached hydrogen (secondary N) is 1. The van der Waals surface area contributed by atoms with Crippen LogP contribution in [0.25, 0.3) is 16.1 Å². The normalized spacial score (nSPS) is 17.6. The van der Waals surface area contributed by atoms with Gasteiger partial charge in [-0.1, -0.05) is 0 Å². The van der Waals surface area contributed by atoms with E-state index in [1.807, 2.05) is 18.5 Å². The second-order valence-corrected chi connectivity index (χ2v) is 6.40. The standard InChI is InChI=1S/C16H14N4OS/c21-16-7-12(9-18-16)15-3-2-14(22-15)11-6-13(10-17-8-11)20-5-1-4-19-20/h1-6,8,10,12H,7,9H2,(H,18,21). The van der Waals surface area contributed by atoms with Crippen LogP contribution in [0.15, 0.2) is 49.1 Å². The van der Waals surface area contributed by atoms with Gasteiger partial charge in [0.2, 0.25) is 5.91 Å². The van der Waals surface area contributed by atoms with Crippen molar-refractivity contribution in [1.82, 2.24) is 20.1 Å². The molecule has 6 heteroatoms. The lowest BCUT2D eigenvalue weighted by Crippen LogP contribution is -2.13. The summed E-state index contributed by atoms with van der Waals surface area (Å²) in [7, 11) is 0.